The molecule has 1 amide bonds. The number of H-pyrrole nitrogens is 1. The van der Waals surface area contributed by atoms with Crippen molar-refractivity contribution in [3.8, 4) is 11.3 Å². The van der Waals surface area contributed by atoms with Crippen LogP contribution in [0.25, 0.3) is 11.3 Å². The molecule has 8 nitrogen and oxygen atoms in total. The van der Waals surface area contributed by atoms with E-state index in [-0.39, 0.29) is 25.2 Å². The highest BCUT2D eigenvalue weighted by Crippen LogP contribution is 2.29. The molecule has 1 unspecified atom stereocenters. The lowest BCUT2D eigenvalue weighted by Crippen LogP contribution is -2.31. The van der Waals surface area contributed by atoms with Crippen LogP contribution in [0.4, 0.5) is 5.95 Å². The van der Waals surface area contributed by atoms with Crippen LogP contribution < -0.4 is 10.6 Å². The average Bonchev–Trinajstić information content (AvgIpc) is 3.09. The highest BCUT2D eigenvalue weighted by molar-refractivity contribution is 6.30. The van der Waals surface area contributed by atoms with Gasteiger partial charge in [0.05, 0.1) is 31.0 Å². The Bertz CT molecular complexity index is 1080. The van der Waals surface area contributed by atoms with Crippen molar-refractivity contribution in [1.29, 1.82) is 0 Å². The number of rotatable bonds is 9. The number of halogens is 1. The van der Waals surface area contributed by atoms with Crippen LogP contribution in [-0.2, 0) is 0 Å². The number of carbonyl (C=O) groups is 1. The number of nitrogens with zero attached hydrogens (tertiary/aromatic N) is 2. The van der Waals surface area contributed by atoms with E-state index < -0.39 is 6.04 Å². The molecule has 0 bridgehead atoms. The summed E-state index contributed by atoms with van der Waals surface area (Å²) in [5, 5.41) is 25.7. The molecule has 0 saturated carbocycles. The molecule has 0 aliphatic carbocycles. The van der Waals surface area contributed by atoms with Crippen molar-refractivity contribution in [2.45, 2.75) is 39.3 Å². The van der Waals surface area contributed by atoms with E-state index in [0.717, 1.165) is 28.8 Å². The SMILES string of the molecule is CCC(CO)Nc1nccc(-c2c(C)[nH]c(C(=O)N[C@H](CO)c3cccc(Cl)c3)c2C)n1. The fraction of sp³-hybridized carbons (Fsp3) is 0.348. The fourth-order valence-electron chi connectivity index (χ4n) is 3.58. The molecule has 2 atom stereocenters. The molecule has 5 N–H and O–H groups in total. The van der Waals surface area contributed by atoms with Crippen LogP contribution in [-0.4, -0.2) is 50.3 Å². The number of benzene rings is 1. The van der Waals surface area contributed by atoms with E-state index >= 15 is 0 Å². The molecule has 170 valence electrons. The summed E-state index contributed by atoms with van der Waals surface area (Å²) in [6.45, 7) is 5.40. The number of hydrogen-bond acceptors (Lipinski definition) is 6. The molecule has 0 saturated heterocycles. The van der Waals surface area contributed by atoms with Gasteiger partial charge in [-0.1, -0.05) is 30.7 Å². The summed E-state index contributed by atoms with van der Waals surface area (Å²) < 4.78 is 0. The number of hydrogen-bond donors (Lipinski definition) is 5. The minimum Gasteiger partial charge on any atom is -0.394 e. The lowest BCUT2D eigenvalue weighted by Gasteiger charge is -2.17. The number of aryl methyl sites for hydroxylation is 1. The number of amides is 1. The molecule has 3 aromatic rings. The Labute approximate surface area is 192 Å². The van der Waals surface area contributed by atoms with E-state index in [1.807, 2.05) is 20.8 Å². The Hall–Kier alpha value is -2.94. The van der Waals surface area contributed by atoms with Gasteiger partial charge in [0, 0.05) is 22.5 Å². The summed E-state index contributed by atoms with van der Waals surface area (Å²) in [5.41, 5.74) is 4.11. The fourth-order valence-corrected chi connectivity index (χ4v) is 3.77. The highest BCUT2D eigenvalue weighted by atomic mass is 35.5. The first kappa shape index (κ1) is 23.7. The average molecular weight is 458 g/mol. The maximum atomic E-state index is 13.0. The van der Waals surface area contributed by atoms with Gasteiger partial charge in [-0.25, -0.2) is 9.97 Å². The molecule has 0 radical (unpaired) electrons. The van der Waals surface area contributed by atoms with Gasteiger partial charge in [-0.15, -0.1) is 0 Å². The number of aliphatic hydroxyl groups excluding tert-OH is 2. The lowest BCUT2D eigenvalue weighted by molar-refractivity contribution is 0.0911. The summed E-state index contributed by atoms with van der Waals surface area (Å²) >= 11 is 6.05. The zero-order valence-electron chi connectivity index (χ0n) is 18.3. The molecule has 0 aliphatic rings. The maximum absolute atomic E-state index is 13.0. The van der Waals surface area contributed by atoms with Crippen molar-refractivity contribution in [2.75, 3.05) is 18.5 Å². The second-order valence-corrected chi connectivity index (χ2v) is 8.02. The molecular formula is C23H28ClN5O3. The topological polar surface area (TPSA) is 123 Å². The highest BCUT2D eigenvalue weighted by Gasteiger charge is 2.22. The van der Waals surface area contributed by atoms with E-state index in [1.165, 1.54) is 0 Å². The van der Waals surface area contributed by atoms with Crippen LogP contribution in [0.15, 0.2) is 36.5 Å². The number of anilines is 1. The Morgan fingerprint density at radius 3 is 2.66 bits per heavy atom. The predicted octanol–water partition coefficient (Wildman–Crippen LogP) is 3.39. The second kappa shape index (κ2) is 10.6. The van der Waals surface area contributed by atoms with E-state index in [9.17, 15) is 15.0 Å². The van der Waals surface area contributed by atoms with Gasteiger partial charge in [0.15, 0.2) is 0 Å². The van der Waals surface area contributed by atoms with E-state index in [0.29, 0.717) is 22.4 Å². The summed E-state index contributed by atoms with van der Waals surface area (Å²) in [7, 11) is 0. The van der Waals surface area contributed by atoms with Crippen molar-refractivity contribution < 1.29 is 15.0 Å². The van der Waals surface area contributed by atoms with Gasteiger partial charge >= 0.3 is 0 Å². The van der Waals surface area contributed by atoms with E-state index in [1.54, 1.807) is 36.5 Å². The molecule has 32 heavy (non-hydrogen) atoms. The van der Waals surface area contributed by atoms with Gasteiger partial charge in [0.25, 0.3) is 5.91 Å². The van der Waals surface area contributed by atoms with Crippen LogP contribution in [0, 0.1) is 13.8 Å². The summed E-state index contributed by atoms with van der Waals surface area (Å²) in [4.78, 5) is 25.0. The first-order chi connectivity index (χ1) is 15.4. The molecule has 2 aromatic heterocycles. The van der Waals surface area contributed by atoms with Gasteiger partial charge in [-0.2, -0.15) is 0 Å². The van der Waals surface area contributed by atoms with Crippen molar-refractivity contribution in [2.24, 2.45) is 0 Å². The second-order valence-electron chi connectivity index (χ2n) is 7.59. The monoisotopic (exact) mass is 457 g/mol. The third-order valence-electron chi connectivity index (χ3n) is 5.36. The number of aromatic amines is 1. The Morgan fingerprint density at radius 1 is 1.22 bits per heavy atom. The first-order valence-corrected chi connectivity index (χ1v) is 10.8. The van der Waals surface area contributed by atoms with Gasteiger partial charge in [0.1, 0.15) is 5.69 Å². The zero-order valence-corrected chi connectivity index (χ0v) is 19.1. The first-order valence-electron chi connectivity index (χ1n) is 10.4. The molecule has 0 aliphatic heterocycles. The third kappa shape index (κ3) is 5.27. The zero-order chi connectivity index (χ0) is 23.3. The van der Waals surface area contributed by atoms with E-state index in [2.05, 4.69) is 25.6 Å². The molecule has 0 fully saturated rings. The Kier molecular flexibility index (Phi) is 7.84. The van der Waals surface area contributed by atoms with Crippen molar-refractivity contribution in [3.05, 3.63) is 64.1 Å². The number of aliphatic hydroxyl groups is 2. The van der Waals surface area contributed by atoms with Crippen LogP contribution >= 0.6 is 11.6 Å². The molecular weight excluding hydrogens is 430 g/mol. The number of aromatic nitrogens is 3. The molecule has 1 aromatic carbocycles. The van der Waals surface area contributed by atoms with Crippen LogP contribution in [0.2, 0.25) is 5.02 Å². The normalized spacial score (nSPS) is 12.9. The third-order valence-corrected chi connectivity index (χ3v) is 5.60. The molecule has 2 heterocycles. The summed E-state index contributed by atoms with van der Waals surface area (Å²) in [5.74, 6) is 0.0744. The smallest absolute Gasteiger partial charge is 0.268 e. The molecule has 0 spiro atoms. The minimum atomic E-state index is -0.591. The lowest BCUT2D eigenvalue weighted by atomic mass is 10.1. The standard InChI is InChI=1S/C23H28ClN5O3/c1-4-17(11-30)27-23-25-9-8-18(29-23)20-13(2)21(26-14(20)3)22(32)28-19(12-31)15-6-5-7-16(24)10-15/h5-10,17,19,26,30-31H,4,11-12H2,1-3H3,(H,28,32)(H,25,27,29)/t17?,19-/m1/s1. The van der Waals surface area contributed by atoms with Gasteiger partial charge in [-0.05, 0) is 49.6 Å². The summed E-state index contributed by atoms with van der Waals surface area (Å²) in [6, 6.07) is 8.07. The quantitative estimate of drug-likeness (QED) is 0.335. The molecule has 3 rings (SSSR count). The Morgan fingerprint density at radius 2 is 2.00 bits per heavy atom. The number of nitrogens with one attached hydrogen (secondary N) is 3. The maximum Gasteiger partial charge on any atom is 0.268 e. The van der Waals surface area contributed by atoms with E-state index in [4.69, 9.17) is 11.6 Å². The predicted molar refractivity (Wildman–Crippen MR) is 125 cm³/mol. The van der Waals surface area contributed by atoms with Gasteiger partial charge in [0.2, 0.25) is 5.95 Å². The van der Waals surface area contributed by atoms with Gasteiger partial charge < -0.3 is 25.8 Å². The van der Waals surface area contributed by atoms with Crippen molar-refractivity contribution >= 4 is 23.5 Å². The Balaban J connectivity index is 1.86. The van der Waals surface area contributed by atoms with Crippen LogP contribution in [0.1, 0.15) is 46.7 Å². The molecule has 9 heteroatoms. The van der Waals surface area contributed by atoms with Crippen molar-refractivity contribution in [3.63, 3.8) is 0 Å². The largest absolute Gasteiger partial charge is 0.394 e. The van der Waals surface area contributed by atoms with Crippen LogP contribution in [0.5, 0.6) is 0 Å². The van der Waals surface area contributed by atoms with Gasteiger partial charge in [-0.3, -0.25) is 4.79 Å². The minimum absolute atomic E-state index is 0.0186. The summed E-state index contributed by atoms with van der Waals surface area (Å²) in [6.07, 6.45) is 2.37. The number of carbonyl (C=O) groups excluding carboxylic acids is 1. The van der Waals surface area contributed by atoms with Crippen molar-refractivity contribution in [1.82, 2.24) is 20.3 Å². The van der Waals surface area contributed by atoms with Crippen LogP contribution in [0.3, 0.4) is 0 Å².